The highest BCUT2D eigenvalue weighted by Gasteiger charge is 2.17. The van der Waals surface area contributed by atoms with Gasteiger partial charge in [0, 0.05) is 18.8 Å². The lowest BCUT2D eigenvalue weighted by Crippen LogP contribution is -2.04. The Morgan fingerprint density at radius 2 is 2.05 bits per heavy atom. The number of hydrogen-bond acceptors (Lipinski definition) is 2. The molecular formula is C14H15ClN4. The van der Waals surface area contributed by atoms with Crippen LogP contribution in [0, 0.1) is 0 Å². The minimum absolute atomic E-state index is 0.167. The molecule has 0 saturated carbocycles. The quantitative estimate of drug-likeness (QED) is 0.685. The van der Waals surface area contributed by atoms with Gasteiger partial charge in [-0.05, 0) is 26.0 Å². The van der Waals surface area contributed by atoms with Gasteiger partial charge in [-0.15, -0.1) is 11.6 Å². The van der Waals surface area contributed by atoms with E-state index in [1.54, 1.807) is 0 Å². The van der Waals surface area contributed by atoms with Gasteiger partial charge < -0.3 is 0 Å². The zero-order chi connectivity index (χ0) is 13.4. The molecule has 3 rings (SSSR count). The van der Waals surface area contributed by atoms with Crippen molar-refractivity contribution in [2.45, 2.75) is 25.8 Å². The molecular weight excluding hydrogens is 260 g/mol. The summed E-state index contributed by atoms with van der Waals surface area (Å²) in [6.07, 6.45) is 1.97. The van der Waals surface area contributed by atoms with E-state index in [4.69, 9.17) is 11.6 Å². The van der Waals surface area contributed by atoms with Gasteiger partial charge in [0.15, 0.2) is 5.82 Å². The third-order valence-corrected chi connectivity index (χ3v) is 3.32. The molecule has 0 aliphatic heterocycles. The number of alkyl halides is 1. The minimum atomic E-state index is -0.167. The van der Waals surface area contributed by atoms with Crippen molar-refractivity contribution in [2.24, 2.45) is 0 Å². The first-order valence-corrected chi connectivity index (χ1v) is 6.79. The number of imidazole rings is 1. The molecule has 0 aliphatic rings. The van der Waals surface area contributed by atoms with Gasteiger partial charge in [-0.2, -0.15) is 5.10 Å². The fourth-order valence-corrected chi connectivity index (χ4v) is 2.34. The van der Waals surface area contributed by atoms with Gasteiger partial charge in [0.1, 0.15) is 5.82 Å². The molecule has 1 atom stereocenters. The normalized spacial score (nSPS) is 13.0. The third kappa shape index (κ3) is 2.02. The number of nitrogens with zero attached hydrogens (tertiary/aromatic N) is 4. The van der Waals surface area contributed by atoms with Gasteiger partial charge in [-0.1, -0.05) is 12.1 Å². The Hall–Kier alpha value is -1.81. The van der Waals surface area contributed by atoms with Crippen LogP contribution in [-0.4, -0.2) is 19.3 Å². The molecule has 98 valence electrons. The van der Waals surface area contributed by atoms with Crippen LogP contribution in [0.15, 0.2) is 36.5 Å². The Labute approximate surface area is 116 Å². The molecule has 4 nitrogen and oxygen atoms in total. The number of hydrogen-bond donors (Lipinski definition) is 0. The molecule has 0 aliphatic carbocycles. The topological polar surface area (TPSA) is 35.6 Å². The van der Waals surface area contributed by atoms with Crippen molar-refractivity contribution in [2.75, 3.05) is 0 Å². The first-order chi connectivity index (χ1) is 9.20. The van der Waals surface area contributed by atoms with Crippen molar-refractivity contribution in [3.05, 3.63) is 42.4 Å². The van der Waals surface area contributed by atoms with E-state index in [1.165, 1.54) is 0 Å². The molecule has 0 saturated heterocycles. The van der Waals surface area contributed by atoms with Crippen LogP contribution in [-0.2, 0) is 6.54 Å². The molecule has 19 heavy (non-hydrogen) atoms. The van der Waals surface area contributed by atoms with Crippen LogP contribution in [0.3, 0.4) is 0 Å². The number of aryl methyl sites for hydroxylation is 1. The van der Waals surface area contributed by atoms with Gasteiger partial charge in [-0.3, -0.25) is 9.25 Å². The predicted octanol–water partition coefficient (Wildman–Crippen LogP) is 3.54. The van der Waals surface area contributed by atoms with E-state index in [0.29, 0.717) is 0 Å². The van der Waals surface area contributed by atoms with Gasteiger partial charge in [-0.25, -0.2) is 4.98 Å². The maximum Gasteiger partial charge on any atom is 0.160 e. The third-order valence-electron chi connectivity index (χ3n) is 3.12. The van der Waals surface area contributed by atoms with Crippen molar-refractivity contribution >= 4 is 22.6 Å². The summed E-state index contributed by atoms with van der Waals surface area (Å²) in [6, 6.07) is 9.99. The highest BCUT2D eigenvalue weighted by Crippen LogP contribution is 2.27. The van der Waals surface area contributed by atoms with E-state index in [1.807, 2.05) is 52.7 Å². The first kappa shape index (κ1) is 12.2. The van der Waals surface area contributed by atoms with Gasteiger partial charge in [0.2, 0.25) is 0 Å². The van der Waals surface area contributed by atoms with E-state index < -0.39 is 0 Å². The van der Waals surface area contributed by atoms with Crippen molar-refractivity contribution in [1.29, 1.82) is 0 Å². The van der Waals surface area contributed by atoms with Crippen molar-refractivity contribution in [1.82, 2.24) is 19.3 Å². The second kappa shape index (κ2) is 4.70. The van der Waals surface area contributed by atoms with Crippen LogP contribution in [0.1, 0.15) is 25.0 Å². The maximum atomic E-state index is 6.25. The highest BCUT2D eigenvalue weighted by molar-refractivity contribution is 6.20. The second-order valence-electron chi connectivity index (χ2n) is 4.44. The van der Waals surface area contributed by atoms with Gasteiger partial charge in [0.25, 0.3) is 0 Å². The molecule has 3 aromatic rings. The summed E-state index contributed by atoms with van der Waals surface area (Å²) >= 11 is 6.25. The Balaban J connectivity index is 2.27. The van der Waals surface area contributed by atoms with E-state index in [2.05, 4.69) is 17.0 Å². The molecule has 2 heterocycles. The number of benzene rings is 1. The number of fused-ring (bicyclic) bond motifs is 1. The molecule has 1 aromatic carbocycles. The van der Waals surface area contributed by atoms with E-state index >= 15 is 0 Å². The lowest BCUT2D eigenvalue weighted by Gasteiger charge is -2.07. The van der Waals surface area contributed by atoms with Crippen LogP contribution < -0.4 is 0 Å². The van der Waals surface area contributed by atoms with Crippen molar-refractivity contribution in [3.63, 3.8) is 0 Å². The van der Waals surface area contributed by atoms with E-state index in [9.17, 15) is 0 Å². The van der Waals surface area contributed by atoms with Crippen molar-refractivity contribution < 1.29 is 0 Å². The molecule has 0 fully saturated rings. The van der Waals surface area contributed by atoms with Crippen LogP contribution >= 0.6 is 11.6 Å². The number of para-hydroxylation sites is 2. The molecule has 5 heteroatoms. The smallest absolute Gasteiger partial charge is 0.160 e. The Morgan fingerprint density at radius 1 is 1.26 bits per heavy atom. The lowest BCUT2D eigenvalue weighted by molar-refractivity contribution is 0.651. The minimum Gasteiger partial charge on any atom is -0.278 e. The standard InChI is InChI=1S/C14H15ClN4/c1-3-18-9-8-13(17-18)19-12-7-5-4-6-11(12)16-14(19)10(2)15/h4-10H,3H2,1-2H3. The SMILES string of the molecule is CCn1ccc(-n2c(C(C)Cl)nc3ccccc32)n1. The average Bonchev–Trinajstić information content (AvgIpc) is 3.02. The fraction of sp³-hybridized carbons (Fsp3) is 0.286. The van der Waals surface area contributed by atoms with Crippen LogP contribution in [0.2, 0.25) is 0 Å². The zero-order valence-corrected chi connectivity index (χ0v) is 11.7. The summed E-state index contributed by atoms with van der Waals surface area (Å²) in [5.74, 6) is 1.68. The van der Waals surface area contributed by atoms with E-state index in [-0.39, 0.29) is 5.38 Å². The summed E-state index contributed by atoms with van der Waals surface area (Å²) in [4.78, 5) is 4.61. The van der Waals surface area contributed by atoms with Crippen molar-refractivity contribution in [3.8, 4) is 5.82 Å². The number of rotatable bonds is 3. The van der Waals surface area contributed by atoms with Crippen LogP contribution in [0.4, 0.5) is 0 Å². The zero-order valence-electron chi connectivity index (χ0n) is 10.9. The molecule has 1 unspecified atom stereocenters. The summed E-state index contributed by atoms with van der Waals surface area (Å²) < 4.78 is 3.92. The molecule has 0 spiro atoms. The number of halogens is 1. The molecule has 0 bridgehead atoms. The Kier molecular flexibility index (Phi) is 3.03. The monoisotopic (exact) mass is 274 g/mol. The average molecular weight is 275 g/mol. The number of aromatic nitrogens is 4. The van der Waals surface area contributed by atoms with Gasteiger partial charge >= 0.3 is 0 Å². The fourth-order valence-electron chi connectivity index (χ4n) is 2.20. The summed E-state index contributed by atoms with van der Waals surface area (Å²) in [5, 5.41) is 4.38. The first-order valence-electron chi connectivity index (χ1n) is 6.36. The largest absolute Gasteiger partial charge is 0.278 e. The molecule has 2 aromatic heterocycles. The van der Waals surface area contributed by atoms with E-state index in [0.717, 1.165) is 29.2 Å². The molecule has 0 N–H and O–H groups in total. The summed E-state index contributed by atoms with van der Waals surface area (Å²) in [7, 11) is 0. The Bertz CT molecular complexity index is 711. The van der Waals surface area contributed by atoms with Crippen LogP contribution in [0.25, 0.3) is 16.9 Å². The molecule has 0 amide bonds. The lowest BCUT2D eigenvalue weighted by atomic mass is 10.3. The maximum absolute atomic E-state index is 6.25. The Morgan fingerprint density at radius 3 is 2.74 bits per heavy atom. The second-order valence-corrected chi connectivity index (χ2v) is 5.09. The van der Waals surface area contributed by atoms with Crippen LogP contribution in [0.5, 0.6) is 0 Å². The van der Waals surface area contributed by atoms with Gasteiger partial charge in [0.05, 0.1) is 16.4 Å². The predicted molar refractivity (Wildman–Crippen MR) is 76.8 cm³/mol. The highest BCUT2D eigenvalue weighted by atomic mass is 35.5. The summed E-state index contributed by atoms with van der Waals surface area (Å²) in [5.41, 5.74) is 1.97. The summed E-state index contributed by atoms with van der Waals surface area (Å²) in [6.45, 7) is 4.84. The molecule has 0 radical (unpaired) electrons.